The normalized spacial score (nSPS) is 23.4. The summed E-state index contributed by atoms with van der Waals surface area (Å²) in [4.78, 5) is 14.2. The molecular formula is C19H27N4S+. The van der Waals surface area contributed by atoms with Crippen LogP contribution in [0.2, 0.25) is 0 Å². The van der Waals surface area contributed by atoms with Crippen LogP contribution in [0.15, 0.2) is 12.7 Å². The topological polar surface area (TPSA) is 42.2 Å². The minimum Gasteiger partial charge on any atom is -0.366 e. The standard InChI is InChI=1S/C19H26N4S/c1-3-9-20-18-17-14-5-4-6-15(14)24-19(17)22-16(21-18)12-23-10-7-13(2)8-11-23/h3,13H,1,4-12H2,2H3,(H,20,21,22)/p+1. The largest absolute Gasteiger partial charge is 0.366 e. The summed E-state index contributed by atoms with van der Waals surface area (Å²) in [5, 5.41) is 4.74. The molecule has 2 N–H and O–H groups in total. The van der Waals surface area contributed by atoms with Gasteiger partial charge in [0, 0.05) is 11.4 Å². The highest BCUT2D eigenvalue weighted by Gasteiger charge is 2.24. The third-order valence-electron chi connectivity index (χ3n) is 5.41. The van der Waals surface area contributed by atoms with Crippen molar-refractivity contribution in [2.24, 2.45) is 5.92 Å². The molecule has 1 aliphatic carbocycles. The molecule has 2 aromatic heterocycles. The number of piperidine rings is 1. The van der Waals surface area contributed by atoms with Gasteiger partial charge in [-0.1, -0.05) is 13.0 Å². The van der Waals surface area contributed by atoms with Crippen LogP contribution >= 0.6 is 11.3 Å². The fourth-order valence-corrected chi connectivity index (χ4v) is 5.27. The van der Waals surface area contributed by atoms with Crippen LogP contribution in [-0.2, 0) is 19.4 Å². The monoisotopic (exact) mass is 343 g/mol. The molecule has 0 saturated carbocycles. The molecule has 0 unspecified atom stereocenters. The third-order valence-corrected chi connectivity index (χ3v) is 6.60. The molecular weight excluding hydrogens is 316 g/mol. The van der Waals surface area contributed by atoms with Crippen molar-refractivity contribution in [1.82, 2.24) is 9.97 Å². The first-order chi connectivity index (χ1) is 11.7. The Balaban J connectivity index is 1.65. The minimum atomic E-state index is 0.754. The molecule has 0 atom stereocenters. The molecule has 5 heteroatoms. The average molecular weight is 344 g/mol. The molecule has 128 valence electrons. The summed E-state index contributed by atoms with van der Waals surface area (Å²) in [7, 11) is 0. The third kappa shape index (κ3) is 3.07. The van der Waals surface area contributed by atoms with Gasteiger partial charge in [-0.2, -0.15) is 0 Å². The second-order valence-corrected chi connectivity index (χ2v) is 8.39. The molecule has 0 bridgehead atoms. The van der Waals surface area contributed by atoms with Gasteiger partial charge in [0.15, 0.2) is 5.82 Å². The van der Waals surface area contributed by atoms with E-state index in [1.807, 2.05) is 17.4 Å². The van der Waals surface area contributed by atoms with Gasteiger partial charge >= 0.3 is 0 Å². The van der Waals surface area contributed by atoms with E-state index in [1.165, 1.54) is 65.9 Å². The van der Waals surface area contributed by atoms with E-state index in [1.54, 1.807) is 4.90 Å². The van der Waals surface area contributed by atoms with Crippen LogP contribution in [0.5, 0.6) is 0 Å². The van der Waals surface area contributed by atoms with Crippen molar-refractivity contribution >= 4 is 27.4 Å². The zero-order valence-corrected chi connectivity index (χ0v) is 15.3. The van der Waals surface area contributed by atoms with E-state index in [2.05, 4.69) is 18.8 Å². The highest BCUT2D eigenvalue weighted by atomic mass is 32.1. The van der Waals surface area contributed by atoms with E-state index >= 15 is 0 Å². The van der Waals surface area contributed by atoms with Gasteiger partial charge in [-0.05, 0) is 43.6 Å². The van der Waals surface area contributed by atoms with Crippen LogP contribution in [0, 0.1) is 5.92 Å². The summed E-state index contributed by atoms with van der Waals surface area (Å²) in [6.45, 7) is 10.4. The van der Waals surface area contributed by atoms with Crippen LogP contribution in [0.1, 0.15) is 42.5 Å². The lowest BCUT2D eigenvalue weighted by molar-refractivity contribution is -0.920. The van der Waals surface area contributed by atoms with Gasteiger partial charge in [0.2, 0.25) is 0 Å². The Labute approximate surface area is 148 Å². The molecule has 1 aliphatic heterocycles. The first kappa shape index (κ1) is 16.0. The number of rotatable bonds is 5. The van der Waals surface area contributed by atoms with Crippen LogP contribution in [-0.4, -0.2) is 29.6 Å². The summed E-state index contributed by atoms with van der Waals surface area (Å²) >= 11 is 1.88. The van der Waals surface area contributed by atoms with Crippen molar-refractivity contribution in [3.8, 4) is 0 Å². The maximum atomic E-state index is 4.94. The van der Waals surface area contributed by atoms with Crippen molar-refractivity contribution in [2.75, 3.05) is 25.0 Å². The van der Waals surface area contributed by atoms with E-state index in [9.17, 15) is 0 Å². The lowest BCUT2D eigenvalue weighted by Crippen LogP contribution is -3.11. The lowest BCUT2D eigenvalue weighted by Gasteiger charge is -2.26. The molecule has 1 fully saturated rings. The van der Waals surface area contributed by atoms with Crippen LogP contribution < -0.4 is 10.2 Å². The maximum absolute atomic E-state index is 4.94. The van der Waals surface area contributed by atoms with Crippen molar-refractivity contribution in [3.05, 3.63) is 28.9 Å². The van der Waals surface area contributed by atoms with Gasteiger partial charge in [0.05, 0.1) is 18.5 Å². The molecule has 24 heavy (non-hydrogen) atoms. The first-order valence-electron chi connectivity index (χ1n) is 9.24. The van der Waals surface area contributed by atoms with Crippen molar-refractivity contribution in [2.45, 2.75) is 45.6 Å². The molecule has 0 amide bonds. The number of nitrogens with zero attached hydrogens (tertiary/aromatic N) is 2. The van der Waals surface area contributed by atoms with Gasteiger partial charge in [0.1, 0.15) is 17.2 Å². The number of quaternary nitrogens is 1. The Kier molecular flexibility index (Phi) is 4.55. The predicted octanol–water partition coefficient (Wildman–Crippen LogP) is 2.59. The van der Waals surface area contributed by atoms with Crippen LogP contribution in [0.3, 0.4) is 0 Å². The van der Waals surface area contributed by atoms with Crippen molar-refractivity contribution in [1.29, 1.82) is 0 Å². The average Bonchev–Trinajstić information content (AvgIpc) is 3.15. The number of hydrogen-bond acceptors (Lipinski definition) is 4. The van der Waals surface area contributed by atoms with E-state index in [0.29, 0.717) is 0 Å². The minimum absolute atomic E-state index is 0.754. The lowest BCUT2D eigenvalue weighted by atomic mass is 9.99. The van der Waals surface area contributed by atoms with Crippen LogP contribution in [0.4, 0.5) is 5.82 Å². The molecule has 0 radical (unpaired) electrons. The Morgan fingerprint density at radius 3 is 2.92 bits per heavy atom. The number of thiophene rings is 1. The summed E-state index contributed by atoms with van der Waals surface area (Å²) < 4.78 is 0. The molecule has 0 aromatic carbocycles. The summed E-state index contributed by atoms with van der Waals surface area (Å²) in [5.41, 5.74) is 1.49. The quantitative estimate of drug-likeness (QED) is 0.820. The van der Waals surface area contributed by atoms with E-state index in [0.717, 1.165) is 30.6 Å². The van der Waals surface area contributed by atoms with Gasteiger partial charge in [-0.25, -0.2) is 9.97 Å². The molecule has 1 saturated heterocycles. The van der Waals surface area contributed by atoms with Crippen LogP contribution in [0.25, 0.3) is 10.2 Å². The number of fused-ring (bicyclic) bond motifs is 3. The Hall–Kier alpha value is -1.46. The fraction of sp³-hybridized carbons (Fsp3) is 0.579. The molecule has 3 heterocycles. The van der Waals surface area contributed by atoms with Crippen molar-refractivity contribution < 1.29 is 4.90 Å². The first-order valence-corrected chi connectivity index (χ1v) is 10.1. The predicted molar refractivity (Wildman–Crippen MR) is 101 cm³/mol. The molecule has 2 aromatic rings. The number of anilines is 1. The maximum Gasteiger partial charge on any atom is 0.187 e. The van der Waals surface area contributed by atoms with Gasteiger partial charge < -0.3 is 10.2 Å². The second-order valence-electron chi connectivity index (χ2n) is 7.30. The highest BCUT2D eigenvalue weighted by molar-refractivity contribution is 7.19. The van der Waals surface area contributed by atoms with E-state index < -0.39 is 0 Å². The van der Waals surface area contributed by atoms with Gasteiger partial charge in [-0.15, -0.1) is 17.9 Å². The zero-order valence-electron chi connectivity index (χ0n) is 14.5. The Bertz CT molecular complexity index is 743. The summed E-state index contributed by atoms with van der Waals surface area (Å²) in [6.07, 6.45) is 8.21. The van der Waals surface area contributed by atoms with E-state index in [-0.39, 0.29) is 0 Å². The number of nitrogens with one attached hydrogen (secondary N) is 2. The molecule has 0 spiro atoms. The van der Waals surface area contributed by atoms with Gasteiger partial charge in [-0.3, -0.25) is 0 Å². The van der Waals surface area contributed by atoms with Gasteiger partial charge in [0.25, 0.3) is 0 Å². The Morgan fingerprint density at radius 2 is 2.12 bits per heavy atom. The smallest absolute Gasteiger partial charge is 0.187 e. The second kappa shape index (κ2) is 6.81. The summed E-state index contributed by atoms with van der Waals surface area (Å²) in [5.74, 6) is 2.90. The molecule has 4 nitrogen and oxygen atoms in total. The number of aryl methyl sites for hydroxylation is 2. The molecule has 4 rings (SSSR count). The summed E-state index contributed by atoms with van der Waals surface area (Å²) in [6, 6.07) is 0. The highest BCUT2D eigenvalue weighted by Crippen LogP contribution is 2.39. The number of hydrogen-bond donors (Lipinski definition) is 2. The molecule has 2 aliphatic rings. The zero-order chi connectivity index (χ0) is 16.5. The number of aromatic nitrogens is 2. The SMILES string of the molecule is C=CCNc1nc(C[NH+]2CCC(C)CC2)nc2sc3c(c12)CCC3. The van der Waals surface area contributed by atoms with E-state index in [4.69, 9.17) is 9.97 Å². The number of likely N-dealkylation sites (tertiary alicyclic amines) is 1. The fourth-order valence-electron chi connectivity index (χ4n) is 3.99. The Morgan fingerprint density at radius 1 is 1.29 bits per heavy atom. The van der Waals surface area contributed by atoms with Crippen molar-refractivity contribution in [3.63, 3.8) is 0 Å².